The summed E-state index contributed by atoms with van der Waals surface area (Å²) in [7, 11) is -1.49. The van der Waals surface area contributed by atoms with Gasteiger partial charge in [-0.05, 0) is 44.7 Å². The Hall–Kier alpha value is -0.170. The van der Waals surface area contributed by atoms with Crippen LogP contribution >= 0.6 is 0 Å². The third kappa shape index (κ3) is 3.91. The largest absolute Gasteiger partial charge is 0.383 e. The van der Waals surface area contributed by atoms with Gasteiger partial charge in [0.05, 0.1) is 12.4 Å². The maximum Gasteiger partial charge on any atom is 0.214 e. The summed E-state index contributed by atoms with van der Waals surface area (Å²) < 4.78 is 31.6. The lowest BCUT2D eigenvalue weighted by molar-refractivity contribution is 0.177. The van der Waals surface area contributed by atoms with E-state index in [1.807, 2.05) is 0 Å². The Balaban J connectivity index is 1.93. The number of hydrogen-bond acceptors (Lipinski definition) is 4. The lowest BCUT2D eigenvalue weighted by Crippen LogP contribution is -2.41. The zero-order valence-electron chi connectivity index (χ0n) is 11.1. The van der Waals surface area contributed by atoms with Gasteiger partial charge in [-0.2, -0.15) is 4.31 Å². The standard InChI is InChI=1S/C12H24N2O3S/c1-17-9-8-14(12-2-3-12)18(15,16)10-11-4-6-13-7-5-11/h11-13H,2-10H2,1H3. The van der Waals surface area contributed by atoms with E-state index in [1.165, 1.54) is 0 Å². The maximum absolute atomic E-state index is 12.4. The van der Waals surface area contributed by atoms with Gasteiger partial charge in [0.2, 0.25) is 10.0 Å². The molecule has 1 N–H and O–H groups in total. The normalized spacial score (nSPS) is 22.6. The second-order valence-electron chi connectivity index (χ2n) is 5.31. The van der Waals surface area contributed by atoms with Gasteiger partial charge >= 0.3 is 0 Å². The van der Waals surface area contributed by atoms with Crippen LogP contribution in [0.4, 0.5) is 0 Å². The van der Waals surface area contributed by atoms with Crippen molar-refractivity contribution >= 4 is 10.0 Å². The van der Waals surface area contributed by atoms with Crippen LogP contribution in [0.15, 0.2) is 0 Å². The topological polar surface area (TPSA) is 58.6 Å². The quantitative estimate of drug-likeness (QED) is 0.732. The molecular weight excluding hydrogens is 252 g/mol. The number of sulfonamides is 1. The Kier molecular flexibility index (Phi) is 5.00. The van der Waals surface area contributed by atoms with Gasteiger partial charge in [0, 0.05) is 19.7 Å². The van der Waals surface area contributed by atoms with Crippen LogP contribution in [-0.4, -0.2) is 57.9 Å². The second-order valence-corrected chi connectivity index (χ2v) is 7.27. The van der Waals surface area contributed by atoms with E-state index in [1.54, 1.807) is 11.4 Å². The molecule has 2 aliphatic rings. The lowest BCUT2D eigenvalue weighted by atomic mass is 10.0. The van der Waals surface area contributed by atoms with Gasteiger partial charge < -0.3 is 10.1 Å². The molecule has 1 aliphatic heterocycles. The average Bonchev–Trinajstić information content (AvgIpc) is 3.14. The van der Waals surface area contributed by atoms with E-state index < -0.39 is 10.0 Å². The van der Waals surface area contributed by atoms with Gasteiger partial charge in [-0.3, -0.25) is 0 Å². The first-order chi connectivity index (χ1) is 8.63. The molecule has 0 atom stereocenters. The van der Waals surface area contributed by atoms with Crippen molar-refractivity contribution in [2.75, 3.05) is 39.1 Å². The van der Waals surface area contributed by atoms with E-state index in [0.29, 0.717) is 24.8 Å². The fourth-order valence-corrected chi connectivity index (χ4v) is 4.67. The summed E-state index contributed by atoms with van der Waals surface area (Å²) in [5.41, 5.74) is 0. The van der Waals surface area contributed by atoms with Crippen LogP contribution in [0.1, 0.15) is 25.7 Å². The monoisotopic (exact) mass is 276 g/mol. The van der Waals surface area contributed by atoms with E-state index in [4.69, 9.17) is 4.74 Å². The summed E-state index contributed by atoms with van der Waals surface area (Å²) >= 11 is 0. The smallest absolute Gasteiger partial charge is 0.214 e. The molecule has 0 spiro atoms. The molecule has 1 heterocycles. The number of nitrogens with one attached hydrogen (secondary N) is 1. The first-order valence-electron chi connectivity index (χ1n) is 6.82. The van der Waals surface area contributed by atoms with Crippen molar-refractivity contribution in [2.45, 2.75) is 31.7 Å². The van der Waals surface area contributed by atoms with Crippen LogP contribution in [0.2, 0.25) is 0 Å². The number of ether oxygens (including phenoxy) is 1. The number of methoxy groups -OCH3 is 1. The summed E-state index contributed by atoms with van der Waals surface area (Å²) in [6.07, 6.45) is 3.97. The molecule has 18 heavy (non-hydrogen) atoms. The highest BCUT2D eigenvalue weighted by atomic mass is 32.2. The van der Waals surface area contributed by atoms with Crippen molar-refractivity contribution < 1.29 is 13.2 Å². The van der Waals surface area contributed by atoms with Gasteiger partial charge in [-0.1, -0.05) is 0 Å². The molecule has 0 bridgehead atoms. The SMILES string of the molecule is COCCN(C1CC1)S(=O)(=O)CC1CCNCC1. The van der Waals surface area contributed by atoms with Crippen molar-refractivity contribution in [2.24, 2.45) is 5.92 Å². The second kappa shape index (κ2) is 6.32. The van der Waals surface area contributed by atoms with Crippen LogP contribution in [0, 0.1) is 5.92 Å². The molecule has 0 radical (unpaired) electrons. The molecule has 0 unspecified atom stereocenters. The fourth-order valence-electron chi connectivity index (χ4n) is 2.53. The minimum absolute atomic E-state index is 0.242. The first-order valence-corrected chi connectivity index (χ1v) is 8.43. The van der Waals surface area contributed by atoms with Crippen molar-refractivity contribution in [1.29, 1.82) is 0 Å². The summed E-state index contributed by atoms with van der Waals surface area (Å²) in [5.74, 6) is 0.634. The molecule has 0 aromatic carbocycles. The molecule has 2 rings (SSSR count). The molecule has 1 saturated carbocycles. The zero-order chi connectivity index (χ0) is 13.0. The minimum atomic E-state index is -3.11. The molecule has 0 aromatic heterocycles. The van der Waals surface area contributed by atoms with Gasteiger partial charge in [0.25, 0.3) is 0 Å². The predicted molar refractivity (Wildman–Crippen MR) is 71.0 cm³/mol. The highest BCUT2D eigenvalue weighted by Gasteiger charge is 2.37. The van der Waals surface area contributed by atoms with E-state index in [2.05, 4.69) is 5.32 Å². The average molecular weight is 276 g/mol. The number of rotatable bonds is 7. The van der Waals surface area contributed by atoms with Crippen LogP contribution < -0.4 is 5.32 Å². The molecule has 0 aromatic rings. The third-order valence-corrected chi connectivity index (χ3v) is 5.82. The molecule has 6 heteroatoms. The highest BCUT2D eigenvalue weighted by Crippen LogP contribution is 2.30. The minimum Gasteiger partial charge on any atom is -0.383 e. The molecule has 1 saturated heterocycles. The van der Waals surface area contributed by atoms with Crippen LogP contribution in [0.3, 0.4) is 0 Å². The summed E-state index contributed by atoms with van der Waals surface area (Å²) in [4.78, 5) is 0. The van der Waals surface area contributed by atoms with Crippen molar-refractivity contribution in [3.05, 3.63) is 0 Å². The first kappa shape index (κ1) is 14.2. The Morgan fingerprint density at radius 1 is 1.22 bits per heavy atom. The Bertz CT molecular complexity index is 348. The lowest BCUT2D eigenvalue weighted by Gasteiger charge is -2.27. The molecule has 5 nitrogen and oxygen atoms in total. The van der Waals surface area contributed by atoms with Crippen molar-refractivity contribution in [1.82, 2.24) is 9.62 Å². The van der Waals surface area contributed by atoms with E-state index in [9.17, 15) is 8.42 Å². The van der Waals surface area contributed by atoms with Gasteiger partial charge in [0.1, 0.15) is 0 Å². The van der Waals surface area contributed by atoms with Crippen LogP contribution in [-0.2, 0) is 14.8 Å². The van der Waals surface area contributed by atoms with E-state index in [-0.39, 0.29) is 6.04 Å². The number of nitrogens with zero attached hydrogens (tertiary/aromatic N) is 1. The molecular formula is C12H24N2O3S. The Morgan fingerprint density at radius 2 is 1.89 bits per heavy atom. The zero-order valence-corrected chi connectivity index (χ0v) is 11.9. The summed E-state index contributed by atoms with van der Waals surface area (Å²) in [6, 6.07) is 0.242. The Morgan fingerprint density at radius 3 is 2.44 bits per heavy atom. The predicted octanol–water partition coefficient (Wildman–Crippen LogP) is 0.427. The molecule has 1 aliphatic carbocycles. The highest BCUT2D eigenvalue weighted by molar-refractivity contribution is 7.89. The Labute approximate surface area is 110 Å². The van der Waals surface area contributed by atoms with Crippen molar-refractivity contribution in [3.63, 3.8) is 0 Å². The van der Waals surface area contributed by atoms with Gasteiger partial charge in [-0.25, -0.2) is 8.42 Å². The van der Waals surface area contributed by atoms with E-state index in [0.717, 1.165) is 38.8 Å². The molecule has 0 amide bonds. The number of piperidine rings is 1. The van der Waals surface area contributed by atoms with E-state index >= 15 is 0 Å². The van der Waals surface area contributed by atoms with Gasteiger partial charge in [0.15, 0.2) is 0 Å². The van der Waals surface area contributed by atoms with Gasteiger partial charge in [-0.15, -0.1) is 0 Å². The third-order valence-electron chi connectivity index (χ3n) is 3.73. The van der Waals surface area contributed by atoms with Crippen LogP contribution in [0.25, 0.3) is 0 Å². The molecule has 106 valence electrons. The summed E-state index contributed by atoms with van der Waals surface area (Å²) in [6.45, 7) is 2.89. The molecule has 2 fully saturated rings. The van der Waals surface area contributed by atoms with Crippen LogP contribution in [0.5, 0.6) is 0 Å². The van der Waals surface area contributed by atoms with Crippen molar-refractivity contribution in [3.8, 4) is 0 Å². The number of hydrogen-bond donors (Lipinski definition) is 1. The maximum atomic E-state index is 12.4. The fraction of sp³-hybridized carbons (Fsp3) is 1.00. The summed E-state index contributed by atoms with van der Waals surface area (Å²) in [5, 5.41) is 3.27.